The van der Waals surface area contributed by atoms with E-state index in [0.717, 1.165) is 10.6 Å². The molecule has 2 heterocycles. The molecule has 25 heavy (non-hydrogen) atoms. The number of hydrogen-bond donors (Lipinski definition) is 1. The Morgan fingerprint density at radius 3 is 2.32 bits per heavy atom. The normalized spacial score (nSPS) is 21.6. The van der Waals surface area contributed by atoms with E-state index >= 15 is 0 Å². The third kappa shape index (κ3) is 3.81. The third-order valence-corrected chi connectivity index (χ3v) is 5.76. The van der Waals surface area contributed by atoms with E-state index in [9.17, 15) is 14.4 Å². The lowest BCUT2D eigenvalue weighted by Crippen LogP contribution is -2.43. The monoisotopic (exact) mass is 362 g/mol. The first-order valence-corrected chi connectivity index (χ1v) is 9.68. The minimum Gasteiger partial charge on any atom is -0.481 e. The van der Waals surface area contributed by atoms with Crippen molar-refractivity contribution in [2.45, 2.75) is 24.2 Å². The molecule has 2 aliphatic heterocycles. The molecule has 6 nitrogen and oxygen atoms in total. The summed E-state index contributed by atoms with van der Waals surface area (Å²) in [5.74, 6) is -1.55. The van der Waals surface area contributed by atoms with E-state index < -0.39 is 5.97 Å². The molecule has 0 aromatic heterocycles. The van der Waals surface area contributed by atoms with E-state index in [1.54, 1.807) is 21.6 Å². The lowest BCUT2D eigenvalue weighted by Gasteiger charge is -2.31. The van der Waals surface area contributed by atoms with E-state index in [-0.39, 0.29) is 30.1 Å². The maximum atomic E-state index is 12.7. The van der Waals surface area contributed by atoms with Crippen molar-refractivity contribution >= 4 is 35.2 Å². The summed E-state index contributed by atoms with van der Waals surface area (Å²) in [6.07, 6.45) is 3.20. The van der Waals surface area contributed by atoms with Crippen LogP contribution in [0.3, 0.4) is 0 Å². The molecular formula is C18H22N2O4S. The largest absolute Gasteiger partial charge is 0.481 e. The van der Waals surface area contributed by atoms with Crippen LogP contribution < -0.4 is 4.90 Å². The van der Waals surface area contributed by atoms with Gasteiger partial charge in [0.15, 0.2) is 0 Å². The summed E-state index contributed by atoms with van der Waals surface area (Å²) in [4.78, 5) is 40.6. The van der Waals surface area contributed by atoms with Crippen LogP contribution in [0, 0.1) is 11.8 Å². The zero-order valence-electron chi connectivity index (χ0n) is 14.2. The van der Waals surface area contributed by atoms with E-state index in [2.05, 4.69) is 0 Å². The van der Waals surface area contributed by atoms with Crippen LogP contribution in [0.25, 0.3) is 0 Å². The highest BCUT2D eigenvalue weighted by Crippen LogP contribution is 2.29. The Bertz CT molecular complexity index is 668. The average Bonchev–Trinajstić information content (AvgIpc) is 3.03. The Morgan fingerprint density at radius 1 is 1.12 bits per heavy atom. The van der Waals surface area contributed by atoms with E-state index in [1.807, 2.05) is 30.5 Å². The Labute approximate surface area is 151 Å². The molecule has 0 radical (unpaired) electrons. The standard InChI is InChI=1S/C18H22N2O4S/c1-25-15-4-2-14(3-5-15)20-11-13(10-16(20)21)17(22)19-8-6-12(7-9-19)18(23)24/h2-5,12-13H,6-11H2,1H3,(H,23,24). The van der Waals surface area contributed by atoms with Crippen LogP contribution in [-0.2, 0) is 14.4 Å². The summed E-state index contributed by atoms with van der Waals surface area (Å²) >= 11 is 1.64. The van der Waals surface area contributed by atoms with Gasteiger partial charge in [0.1, 0.15) is 0 Å². The quantitative estimate of drug-likeness (QED) is 0.830. The van der Waals surface area contributed by atoms with Gasteiger partial charge in [0.05, 0.1) is 11.8 Å². The van der Waals surface area contributed by atoms with E-state index in [0.29, 0.717) is 32.5 Å². The fraction of sp³-hybridized carbons (Fsp3) is 0.500. The molecule has 0 bridgehead atoms. The van der Waals surface area contributed by atoms with Crippen LogP contribution in [0.2, 0.25) is 0 Å². The highest BCUT2D eigenvalue weighted by molar-refractivity contribution is 7.98. The molecule has 1 aromatic rings. The van der Waals surface area contributed by atoms with Crippen molar-refractivity contribution in [3.8, 4) is 0 Å². The number of carbonyl (C=O) groups excluding carboxylic acids is 2. The summed E-state index contributed by atoms with van der Waals surface area (Å²) in [6, 6.07) is 7.77. The second-order valence-corrected chi connectivity index (χ2v) is 7.42. The highest BCUT2D eigenvalue weighted by atomic mass is 32.2. The highest BCUT2D eigenvalue weighted by Gasteiger charge is 2.38. The van der Waals surface area contributed by atoms with Crippen LogP contribution in [0.4, 0.5) is 5.69 Å². The average molecular weight is 362 g/mol. The molecule has 2 saturated heterocycles. The van der Waals surface area contributed by atoms with Crippen LogP contribution in [0.15, 0.2) is 29.2 Å². The van der Waals surface area contributed by atoms with Gasteiger partial charge in [-0.2, -0.15) is 0 Å². The summed E-state index contributed by atoms with van der Waals surface area (Å²) in [5, 5.41) is 9.05. The lowest BCUT2D eigenvalue weighted by atomic mass is 9.95. The van der Waals surface area contributed by atoms with Gasteiger partial charge >= 0.3 is 5.97 Å². The molecule has 2 fully saturated rings. The molecule has 1 N–H and O–H groups in total. The number of anilines is 1. The van der Waals surface area contributed by atoms with Crippen LogP contribution in [-0.4, -0.2) is 53.7 Å². The first kappa shape index (κ1) is 17.8. The molecule has 3 rings (SSSR count). The molecule has 0 saturated carbocycles. The SMILES string of the molecule is CSc1ccc(N2CC(C(=O)N3CCC(C(=O)O)CC3)CC2=O)cc1. The number of carbonyl (C=O) groups is 3. The van der Waals surface area contributed by atoms with Gasteiger partial charge in [-0.3, -0.25) is 14.4 Å². The van der Waals surface area contributed by atoms with Crippen molar-refractivity contribution in [1.29, 1.82) is 0 Å². The number of likely N-dealkylation sites (tertiary alicyclic amines) is 1. The van der Waals surface area contributed by atoms with E-state index in [1.165, 1.54) is 0 Å². The van der Waals surface area contributed by atoms with E-state index in [4.69, 9.17) is 5.11 Å². The number of aliphatic carboxylic acids is 1. The molecule has 134 valence electrons. The number of nitrogens with zero attached hydrogens (tertiary/aromatic N) is 2. The second kappa shape index (κ2) is 7.47. The van der Waals surface area contributed by atoms with Gasteiger partial charge in [-0.15, -0.1) is 11.8 Å². The van der Waals surface area contributed by atoms with Crippen molar-refractivity contribution in [1.82, 2.24) is 4.90 Å². The number of amides is 2. The van der Waals surface area contributed by atoms with Crippen LogP contribution in [0.1, 0.15) is 19.3 Å². The molecule has 1 unspecified atom stereocenters. The number of hydrogen-bond acceptors (Lipinski definition) is 4. The lowest BCUT2D eigenvalue weighted by molar-refractivity contribution is -0.146. The molecular weight excluding hydrogens is 340 g/mol. The molecule has 1 atom stereocenters. The maximum Gasteiger partial charge on any atom is 0.306 e. The molecule has 2 aliphatic rings. The van der Waals surface area contributed by atoms with Gasteiger partial charge in [0.2, 0.25) is 11.8 Å². The van der Waals surface area contributed by atoms with Crippen molar-refractivity contribution in [3.05, 3.63) is 24.3 Å². The molecule has 7 heteroatoms. The van der Waals surface area contributed by atoms with Gasteiger partial charge in [0, 0.05) is 36.6 Å². The Balaban J connectivity index is 1.62. The van der Waals surface area contributed by atoms with Gasteiger partial charge in [-0.05, 0) is 43.4 Å². The smallest absolute Gasteiger partial charge is 0.306 e. The van der Waals surface area contributed by atoms with Crippen molar-refractivity contribution < 1.29 is 19.5 Å². The fourth-order valence-electron chi connectivity index (χ4n) is 3.49. The third-order valence-electron chi connectivity index (χ3n) is 5.01. The molecule has 0 spiro atoms. The van der Waals surface area contributed by atoms with Crippen LogP contribution >= 0.6 is 11.8 Å². The zero-order valence-corrected chi connectivity index (χ0v) is 15.0. The van der Waals surface area contributed by atoms with Gasteiger partial charge in [-0.25, -0.2) is 0 Å². The predicted molar refractivity (Wildman–Crippen MR) is 95.6 cm³/mol. The summed E-state index contributed by atoms with van der Waals surface area (Å²) in [5.41, 5.74) is 0.822. The summed E-state index contributed by atoms with van der Waals surface area (Å²) < 4.78 is 0. The topological polar surface area (TPSA) is 77.9 Å². The van der Waals surface area contributed by atoms with Gasteiger partial charge < -0.3 is 14.9 Å². The second-order valence-electron chi connectivity index (χ2n) is 6.54. The van der Waals surface area contributed by atoms with Crippen molar-refractivity contribution in [3.63, 3.8) is 0 Å². The number of benzene rings is 1. The molecule has 2 amide bonds. The number of piperidine rings is 1. The Hall–Kier alpha value is -2.02. The van der Waals surface area contributed by atoms with Gasteiger partial charge in [-0.1, -0.05) is 0 Å². The maximum absolute atomic E-state index is 12.7. The van der Waals surface area contributed by atoms with Crippen molar-refractivity contribution in [2.75, 3.05) is 30.8 Å². The molecule has 1 aromatic carbocycles. The Kier molecular flexibility index (Phi) is 5.32. The minimum absolute atomic E-state index is 0.0274. The fourth-order valence-corrected chi connectivity index (χ4v) is 3.90. The minimum atomic E-state index is -0.789. The van der Waals surface area contributed by atoms with Crippen molar-refractivity contribution in [2.24, 2.45) is 11.8 Å². The predicted octanol–water partition coefficient (Wildman–Crippen LogP) is 2.08. The molecule has 0 aliphatic carbocycles. The summed E-state index contributed by atoms with van der Waals surface area (Å²) in [7, 11) is 0. The van der Waals surface area contributed by atoms with Gasteiger partial charge in [0.25, 0.3) is 0 Å². The number of rotatable bonds is 4. The first-order chi connectivity index (χ1) is 12.0. The van der Waals surface area contributed by atoms with Crippen LogP contribution in [0.5, 0.6) is 0 Å². The summed E-state index contributed by atoms with van der Waals surface area (Å²) in [6.45, 7) is 1.32. The number of thioether (sulfide) groups is 1. The number of carboxylic acid groups (broad SMARTS) is 1. The Morgan fingerprint density at radius 2 is 1.76 bits per heavy atom. The first-order valence-electron chi connectivity index (χ1n) is 8.45. The zero-order chi connectivity index (χ0) is 18.0. The number of carboxylic acids is 1.